The molecule has 0 aromatic carbocycles. The summed E-state index contributed by atoms with van der Waals surface area (Å²) in [6.07, 6.45) is 4.82. The molecule has 0 bridgehead atoms. The zero-order chi connectivity index (χ0) is 14.3. The maximum atomic E-state index is 13.3. The van der Waals surface area contributed by atoms with Crippen molar-refractivity contribution in [2.24, 2.45) is 0 Å². The van der Waals surface area contributed by atoms with Crippen molar-refractivity contribution in [1.29, 1.82) is 0 Å². The van der Waals surface area contributed by atoms with Gasteiger partial charge in [-0.05, 0) is 39.7 Å². The van der Waals surface area contributed by atoms with Crippen LogP contribution in [0.2, 0.25) is 0 Å². The van der Waals surface area contributed by atoms with Crippen LogP contribution in [0.15, 0.2) is 24.9 Å². The third kappa shape index (κ3) is 6.34. The van der Waals surface area contributed by atoms with Crippen LogP contribution < -0.4 is 10.1 Å². The van der Waals surface area contributed by atoms with E-state index in [1.165, 1.54) is 12.3 Å². The van der Waals surface area contributed by atoms with Gasteiger partial charge in [0.15, 0.2) is 0 Å². The molecule has 1 N–H and O–H groups in total. The molecule has 0 aliphatic rings. The van der Waals surface area contributed by atoms with E-state index in [1.54, 1.807) is 0 Å². The standard InChI is InChI=1S/C15H23FN2O/c1-5-6-7-8-19-14-12(9-13(16)11-17-14)10-18-15(2,3)4/h5,9,11,18H,1,6-8,10H2,2-4H3. The Morgan fingerprint density at radius 1 is 1.47 bits per heavy atom. The second-order valence-corrected chi connectivity index (χ2v) is 5.50. The number of ether oxygens (including phenoxy) is 1. The Bertz CT molecular complexity index is 413. The third-order valence-electron chi connectivity index (χ3n) is 2.49. The van der Waals surface area contributed by atoms with Crippen LogP contribution in [-0.2, 0) is 6.54 Å². The Morgan fingerprint density at radius 3 is 2.84 bits per heavy atom. The van der Waals surface area contributed by atoms with Crippen LogP contribution in [0, 0.1) is 5.82 Å². The predicted octanol–water partition coefficient (Wildman–Crippen LogP) is 3.45. The van der Waals surface area contributed by atoms with E-state index in [0.717, 1.165) is 18.4 Å². The molecule has 4 heteroatoms. The van der Waals surface area contributed by atoms with Gasteiger partial charge in [-0.2, -0.15) is 0 Å². The van der Waals surface area contributed by atoms with Gasteiger partial charge in [-0.15, -0.1) is 6.58 Å². The van der Waals surface area contributed by atoms with Crippen LogP contribution in [0.25, 0.3) is 0 Å². The summed E-state index contributed by atoms with van der Waals surface area (Å²) in [6, 6.07) is 1.47. The Hall–Kier alpha value is -1.42. The molecule has 0 unspecified atom stereocenters. The summed E-state index contributed by atoms with van der Waals surface area (Å²) >= 11 is 0. The molecule has 19 heavy (non-hydrogen) atoms. The number of rotatable bonds is 7. The fourth-order valence-electron chi connectivity index (χ4n) is 1.48. The first-order chi connectivity index (χ1) is 8.92. The molecular formula is C15H23FN2O. The highest BCUT2D eigenvalue weighted by molar-refractivity contribution is 5.26. The average Bonchev–Trinajstić information content (AvgIpc) is 2.33. The predicted molar refractivity (Wildman–Crippen MR) is 75.7 cm³/mol. The molecule has 1 aromatic rings. The molecule has 106 valence electrons. The minimum atomic E-state index is -0.343. The van der Waals surface area contributed by atoms with Gasteiger partial charge in [-0.3, -0.25) is 0 Å². The highest BCUT2D eigenvalue weighted by Gasteiger charge is 2.12. The number of hydrogen-bond acceptors (Lipinski definition) is 3. The lowest BCUT2D eigenvalue weighted by atomic mass is 10.1. The van der Waals surface area contributed by atoms with Gasteiger partial charge in [0.05, 0.1) is 12.8 Å². The minimum Gasteiger partial charge on any atom is -0.477 e. The molecule has 1 heterocycles. The number of hydrogen-bond donors (Lipinski definition) is 1. The fourth-order valence-corrected chi connectivity index (χ4v) is 1.48. The highest BCUT2D eigenvalue weighted by Crippen LogP contribution is 2.17. The molecule has 1 rings (SSSR count). The summed E-state index contributed by atoms with van der Waals surface area (Å²) in [6.45, 7) is 10.9. The first kappa shape index (κ1) is 15.6. The lowest BCUT2D eigenvalue weighted by Gasteiger charge is -2.21. The molecule has 0 aliphatic carbocycles. The van der Waals surface area contributed by atoms with Crippen molar-refractivity contribution in [2.75, 3.05) is 6.61 Å². The van der Waals surface area contributed by atoms with E-state index < -0.39 is 0 Å². The van der Waals surface area contributed by atoms with Crippen LogP contribution in [-0.4, -0.2) is 17.1 Å². The van der Waals surface area contributed by atoms with Gasteiger partial charge < -0.3 is 10.1 Å². The monoisotopic (exact) mass is 266 g/mol. The summed E-state index contributed by atoms with van der Waals surface area (Å²) in [5.41, 5.74) is 0.709. The molecule has 0 spiro atoms. The second kappa shape index (κ2) is 7.24. The Labute approximate surface area is 114 Å². The van der Waals surface area contributed by atoms with Crippen LogP contribution in [0.4, 0.5) is 4.39 Å². The van der Waals surface area contributed by atoms with Crippen LogP contribution >= 0.6 is 0 Å². The number of pyridine rings is 1. The SMILES string of the molecule is C=CCCCOc1ncc(F)cc1CNC(C)(C)C. The molecule has 1 aromatic heterocycles. The first-order valence-corrected chi connectivity index (χ1v) is 6.55. The Balaban J connectivity index is 2.65. The van der Waals surface area contributed by atoms with Crippen molar-refractivity contribution >= 4 is 0 Å². The topological polar surface area (TPSA) is 34.1 Å². The minimum absolute atomic E-state index is 0.0353. The van der Waals surface area contributed by atoms with Gasteiger partial charge in [0.1, 0.15) is 5.82 Å². The quantitative estimate of drug-likeness (QED) is 0.606. The summed E-state index contributed by atoms with van der Waals surface area (Å²) in [5, 5.41) is 3.30. The van der Waals surface area contributed by atoms with Crippen molar-refractivity contribution in [3.63, 3.8) is 0 Å². The molecule has 0 radical (unpaired) electrons. The molecule has 0 fully saturated rings. The Morgan fingerprint density at radius 2 is 2.21 bits per heavy atom. The van der Waals surface area contributed by atoms with Crippen molar-refractivity contribution in [1.82, 2.24) is 10.3 Å². The highest BCUT2D eigenvalue weighted by atomic mass is 19.1. The van der Waals surface area contributed by atoms with E-state index in [-0.39, 0.29) is 11.4 Å². The number of aromatic nitrogens is 1. The molecular weight excluding hydrogens is 243 g/mol. The maximum Gasteiger partial charge on any atom is 0.218 e. The van der Waals surface area contributed by atoms with Gasteiger partial charge in [0.25, 0.3) is 0 Å². The third-order valence-corrected chi connectivity index (χ3v) is 2.49. The van der Waals surface area contributed by atoms with Crippen molar-refractivity contribution < 1.29 is 9.13 Å². The van der Waals surface area contributed by atoms with Gasteiger partial charge in [0, 0.05) is 17.6 Å². The van der Waals surface area contributed by atoms with Crippen LogP contribution in [0.5, 0.6) is 5.88 Å². The van der Waals surface area contributed by atoms with E-state index in [9.17, 15) is 4.39 Å². The van der Waals surface area contributed by atoms with E-state index >= 15 is 0 Å². The van der Waals surface area contributed by atoms with Gasteiger partial charge >= 0.3 is 0 Å². The van der Waals surface area contributed by atoms with Crippen molar-refractivity contribution in [3.8, 4) is 5.88 Å². The summed E-state index contributed by atoms with van der Waals surface area (Å²) in [5.74, 6) is 0.159. The van der Waals surface area contributed by atoms with Gasteiger partial charge in [0.2, 0.25) is 5.88 Å². The zero-order valence-electron chi connectivity index (χ0n) is 12.0. The number of halogens is 1. The van der Waals surface area contributed by atoms with Gasteiger partial charge in [-0.1, -0.05) is 6.08 Å². The summed E-state index contributed by atoms with van der Waals surface area (Å²) < 4.78 is 18.8. The van der Waals surface area contributed by atoms with E-state index in [2.05, 4.69) is 37.7 Å². The molecule has 0 saturated heterocycles. The van der Waals surface area contributed by atoms with Crippen LogP contribution in [0.1, 0.15) is 39.2 Å². The van der Waals surface area contributed by atoms with Crippen molar-refractivity contribution in [3.05, 3.63) is 36.3 Å². The van der Waals surface area contributed by atoms with E-state index in [0.29, 0.717) is 19.0 Å². The smallest absolute Gasteiger partial charge is 0.218 e. The largest absolute Gasteiger partial charge is 0.477 e. The lowest BCUT2D eigenvalue weighted by Crippen LogP contribution is -2.35. The normalized spacial score (nSPS) is 11.4. The molecule has 0 aliphatic heterocycles. The molecule has 0 saturated carbocycles. The number of nitrogens with zero attached hydrogens (tertiary/aromatic N) is 1. The molecule has 0 amide bonds. The van der Waals surface area contributed by atoms with Crippen molar-refractivity contribution in [2.45, 2.75) is 45.7 Å². The fraction of sp³-hybridized carbons (Fsp3) is 0.533. The van der Waals surface area contributed by atoms with E-state index in [1.807, 2.05) is 6.08 Å². The number of allylic oxidation sites excluding steroid dienone is 1. The Kier molecular flexibility index (Phi) is 5.96. The number of nitrogens with one attached hydrogen (secondary N) is 1. The summed E-state index contributed by atoms with van der Waals surface area (Å²) in [7, 11) is 0. The maximum absolute atomic E-state index is 13.3. The van der Waals surface area contributed by atoms with E-state index in [4.69, 9.17) is 4.74 Å². The summed E-state index contributed by atoms with van der Waals surface area (Å²) in [4.78, 5) is 4.01. The first-order valence-electron chi connectivity index (χ1n) is 6.55. The average molecular weight is 266 g/mol. The zero-order valence-corrected chi connectivity index (χ0v) is 12.0. The van der Waals surface area contributed by atoms with Crippen LogP contribution in [0.3, 0.4) is 0 Å². The molecule has 3 nitrogen and oxygen atoms in total. The molecule has 0 atom stereocenters. The van der Waals surface area contributed by atoms with Gasteiger partial charge in [-0.25, -0.2) is 9.37 Å². The lowest BCUT2D eigenvalue weighted by molar-refractivity contribution is 0.293. The second-order valence-electron chi connectivity index (χ2n) is 5.50. The number of unbranched alkanes of at least 4 members (excludes halogenated alkanes) is 1.